The van der Waals surface area contributed by atoms with Crippen molar-refractivity contribution in [3.05, 3.63) is 0 Å². The van der Waals surface area contributed by atoms with Crippen molar-refractivity contribution in [2.24, 2.45) is 5.73 Å². The lowest BCUT2D eigenvalue weighted by molar-refractivity contribution is -0.117. The number of nitrogens with two attached hydrogens (primary N) is 1. The summed E-state index contributed by atoms with van der Waals surface area (Å²) in [6.07, 6.45) is 2.40. The number of nitrogens with zero attached hydrogens (tertiary/aromatic N) is 1. The summed E-state index contributed by atoms with van der Waals surface area (Å²) in [5.74, 6) is -0.299. The van der Waals surface area contributed by atoms with Crippen LogP contribution in [0, 0.1) is 0 Å². The van der Waals surface area contributed by atoms with Crippen LogP contribution < -0.4 is 5.73 Å². The highest BCUT2D eigenvalue weighted by atomic mass is 32.2. The van der Waals surface area contributed by atoms with Gasteiger partial charge in [0.15, 0.2) is 0 Å². The molecule has 1 saturated heterocycles. The average molecular weight is 218 g/mol. The molecule has 1 amide bonds. The first kappa shape index (κ1) is 10.8. The minimum atomic E-state index is -0.299. The quantitative estimate of drug-likeness (QED) is 0.702. The summed E-state index contributed by atoms with van der Waals surface area (Å²) in [7, 11) is 0. The molecule has 0 aromatic carbocycles. The first-order chi connectivity index (χ1) is 6.11. The van der Waals surface area contributed by atoms with Gasteiger partial charge in [0.25, 0.3) is 0 Å². The summed E-state index contributed by atoms with van der Waals surface area (Å²) in [5.41, 5.74) is 5.15. The first-order valence-electron chi connectivity index (χ1n) is 4.36. The molecule has 0 saturated carbocycles. The topological polar surface area (TPSA) is 46.3 Å². The van der Waals surface area contributed by atoms with Crippen LogP contribution in [0.5, 0.6) is 0 Å². The molecule has 1 atom stereocenters. The fourth-order valence-corrected chi connectivity index (χ4v) is 2.55. The Morgan fingerprint density at radius 3 is 2.54 bits per heavy atom. The zero-order valence-corrected chi connectivity index (χ0v) is 9.29. The molecule has 0 radical (unpaired) electrons. The Morgan fingerprint density at radius 2 is 2.08 bits per heavy atom. The van der Waals surface area contributed by atoms with E-state index in [0.717, 1.165) is 17.4 Å². The summed E-state index contributed by atoms with van der Waals surface area (Å²) >= 11 is 6.58. The largest absolute Gasteiger partial charge is 0.369 e. The number of likely N-dealkylation sites (tertiary alicyclic amines) is 1. The second kappa shape index (κ2) is 4.81. The predicted molar refractivity (Wildman–Crippen MR) is 59.7 cm³/mol. The number of hydrogen-bond acceptors (Lipinski definition) is 3. The van der Waals surface area contributed by atoms with Gasteiger partial charge in [-0.25, -0.2) is 0 Å². The molecule has 1 fully saturated rings. The normalized spacial score (nSPS) is 18.7. The maximum atomic E-state index is 10.8. The Labute approximate surface area is 88.0 Å². The molecular formula is C8H14N2OS2. The van der Waals surface area contributed by atoms with Crippen molar-refractivity contribution in [3.63, 3.8) is 0 Å². The standard InChI is InChI=1S/C8H14N2OS2/c1-6(7(9)11)13-8(12)10-4-2-3-5-10/h6H,2-5H2,1H3,(H2,9,11). The molecule has 0 aliphatic carbocycles. The Bertz CT molecular complexity index is 214. The third kappa shape index (κ3) is 3.15. The van der Waals surface area contributed by atoms with Crippen LogP contribution in [0.2, 0.25) is 0 Å². The van der Waals surface area contributed by atoms with E-state index in [4.69, 9.17) is 18.0 Å². The van der Waals surface area contributed by atoms with Gasteiger partial charge in [0, 0.05) is 13.1 Å². The summed E-state index contributed by atoms with van der Waals surface area (Å²) in [6, 6.07) is 0. The zero-order valence-electron chi connectivity index (χ0n) is 7.66. The number of thioether (sulfide) groups is 1. The van der Waals surface area contributed by atoms with Gasteiger partial charge in [0.2, 0.25) is 5.91 Å². The van der Waals surface area contributed by atoms with Gasteiger partial charge in [-0.1, -0.05) is 24.0 Å². The van der Waals surface area contributed by atoms with Gasteiger partial charge in [0.05, 0.1) is 5.25 Å². The molecule has 0 bridgehead atoms. The maximum absolute atomic E-state index is 10.8. The predicted octanol–water partition coefficient (Wildman–Crippen LogP) is 0.974. The molecule has 0 aromatic heterocycles. The molecule has 2 N–H and O–H groups in total. The third-order valence-corrected chi connectivity index (χ3v) is 3.64. The lowest BCUT2D eigenvalue weighted by atomic mass is 10.4. The Morgan fingerprint density at radius 1 is 1.54 bits per heavy atom. The van der Waals surface area contributed by atoms with Crippen LogP contribution in [-0.4, -0.2) is 33.5 Å². The van der Waals surface area contributed by atoms with E-state index in [1.165, 1.54) is 24.6 Å². The van der Waals surface area contributed by atoms with Crippen molar-refractivity contribution in [2.45, 2.75) is 25.0 Å². The lowest BCUT2D eigenvalue weighted by Crippen LogP contribution is -2.29. The molecule has 0 spiro atoms. The minimum Gasteiger partial charge on any atom is -0.369 e. The van der Waals surface area contributed by atoms with E-state index in [1.54, 1.807) is 6.92 Å². The molecule has 1 heterocycles. The fraction of sp³-hybridized carbons (Fsp3) is 0.750. The maximum Gasteiger partial charge on any atom is 0.230 e. The van der Waals surface area contributed by atoms with Crippen LogP contribution >= 0.6 is 24.0 Å². The molecule has 1 unspecified atom stereocenters. The average Bonchev–Trinajstić information content (AvgIpc) is 2.55. The van der Waals surface area contributed by atoms with Crippen molar-refractivity contribution in [2.75, 3.05) is 13.1 Å². The Kier molecular flexibility index (Phi) is 3.99. The number of carbonyl (C=O) groups is 1. The Balaban J connectivity index is 2.35. The van der Waals surface area contributed by atoms with Crippen LogP contribution in [0.1, 0.15) is 19.8 Å². The number of primary amides is 1. The van der Waals surface area contributed by atoms with Gasteiger partial charge >= 0.3 is 0 Å². The summed E-state index contributed by atoms with van der Waals surface area (Å²) in [4.78, 5) is 12.9. The lowest BCUT2D eigenvalue weighted by Gasteiger charge is -2.19. The molecule has 13 heavy (non-hydrogen) atoms. The molecular weight excluding hydrogens is 204 g/mol. The van der Waals surface area contributed by atoms with Gasteiger partial charge in [0.1, 0.15) is 4.32 Å². The molecule has 1 aliphatic heterocycles. The van der Waals surface area contributed by atoms with E-state index in [-0.39, 0.29) is 11.2 Å². The minimum absolute atomic E-state index is 0.215. The van der Waals surface area contributed by atoms with Gasteiger partial charge < -0.3 is 10.6 Å². The number of rotatable bonds is 2. The van der Waals surface area contributed by atoms with E-state index in [1.807, 2.05) is 0 Å². The summed E-state index contributed by atoms with van der Waals surface area (Å²) in [5, 5.41) is -0.215. The molecule has 1 aliphatic rings. The number of thiocarbonyl (C=S) groups is 1. The molecule has 3 nitrogen and oxygen atoms in total. The SMILES string of the molecule is CC(SC(=S)N1CCCC1)C(N)=O. The fourth-order valence-electron chi connectivity index (χ4n) is 1.18. The van der Waals surface area contributed by atoms with Crippen molar-refractivity contribution in [1.29, 1.82) is 0 Å². The second-order valence-electron chi connectivity index (χ2n) is 3.12. The van der Waals surface area contributed by atoms with E-state index < -0.39 is 0 Å². The van der Waals surface area contributed by atoms with Crippen molar-refractivity contribution >= 4 is 34.2 Å². The summed E-state index contributed by atoms with van der Waals surface area (Å²) in [6.45, 7) is 3.84. The summed E-state index contributed by atoms with van der Waals surface area (Å²) < 4.78 is 0.809. The molecule has 0 aromatic rings. The van der Waals surface area contributed by atoms with Gasteiger partial charge in [-0.3, -0.25) is 4.79 Å². The molecule has 74 valence electrons. The number of amides is 1. The van der Waals surface area contributed by atoms with Gasteiger partial charge in [-0.15, -0.1) is 0 Å². The van der Waals surface area contributed by atoms with Crippen LogP contribution in [0.15, 0.2) is 0 Å². The highest BCUT2D eigenvalue weighted by Gasteiger charge is 2.19. The number of carbonyl (C=O) groups excluding carboxylic acids is 1. The van der Waals surface area contributed by atoms with Gasteiger partial charge in [-0.05, 0) is 19.8 Å². The number of hydrogen-bond donors (Lipinski definition) is 1. The van der Waals surface area contributed by atoms with E-state index in [0.29, 0.717) is 0 Å². The zero-order chi connectivity index (χ0) is 9.84. The van der Waals surface area contributed by atoms with Gasteiger partial charge in [-0.2, -0.15) is 0 Å². The monoisotopic (exact) mass is 218 g/mol. The highest BCUT2D eigenvalue weighted by molar-refractivity contribution is 8.23. The van der Waals surface area contributed by atoms with Crippen LogP contribution in [0.25, 0.3) is 0 Å². The smallest absolute Gasteiger partial charge is 0.230 e. The highest BCUT2D eigenvalue weighted by Crippen LogP contribution is 2.19. The van der Waals surface area contributed by atoms with Crippen LogP contribution in [0.4, 0.5) is 0 Å². The molecule has 1 rings (SSSR count). The third-order valence-electron chi connectivity index (χ3n) is 2.04. The van der Waals surface area contributed by atoms with E-state index in [2.05, 4.69) is 4.90 Å². The van der Waals surface area contributed by atoms with E-state index >= 15 is 0 Å². The van der Waals surface area contributed by atoms with Crippen molar-refractivity contribution < 1.29 is 4.79 Å². The first-order valence-corrected chi connectivity index (χ1v) is 5.65. The Hall–Kier alpha value is -0.290. The van der Waals surface area contributed by atoms with Crippen molar-refractivity contribution in [3.8, 4) is 0 Å². The van der Waals surface area contributed by atoms with Crippen LogP contribution in [-0.2, 0) is 4.79 Å². The second-order valence-corrected chi connectivity index (χ2v) is 5.10. The molecule has 5 heteroatoms. The van der Waals surface area contributed by atoms with Crippen LogP contribution in [0.3, 0.4) is 0 Å². The van der Waals surface area contributed by atoms with Crippen molar-refractivity contribution in [1.82, 2.24) is 4.90 Å². The van der Waals surface area contributed by atoms with E-state index in [9.17, 15) is 4.79 Å².